The molecule has 1 amide bonds. The number of unbranched alkanes of at least 4 members (excludes halogenated alkanes) is 31. The van der Waals surface area contributed by atoms with E-state index in [1.807, 2.05) is 6.08 Å². The predicted molar refractivity (Wildman–Crippen MR) is 373 cm³/mol. The zero-order valence-electron chi connectivity index (χ0n) is 55.7. The molecule has 9 nitrogen and oxygen atoms in total. The minimum absolute atomic E-state index is 0.203. The molecule has 0 spiro atoms. The molecule has 1 saturated heterocycles. The van der Waals surface area contributed by atoms with E-state index in [1.54, 1.807) is 6.08 Å². The van der Waals surface area contributed by atoms with E-state index < -0.39 is 49.5 Å². The van der Waals surface area contributed by atoms with E-state index in [0.29, 0.717) is 6.42 Å². The number of aliphatic hydroxyl groups excluding tert-OH is 5. The highest BCUT2D eigenvalue weighted by Crippen LogP contribution is 2.23. The third-order valence-corrected chi connectivity index (χ3v) is 16.2. The summed E-state index contributed by atoms with van der Waals surface area (Å²) in [5.74, 6) is -0.203. The summed E-state index contributed by atoms with van der Waals surface area (Å²) in [5.41, 5.74) is 0. The van der Waals surface area contributed by atoms with Crippen LogP contribution in [-0.2, 0) is 14.3 Å². The Morgan fingerprint density at radius 1 is 0.402 bits per heavy atom. The largest absolute Gasteiger partial charge is 0.394 e. The van der Waals surface area contributed by atoms with Gasteiger partial charge in [0.05, 0.1) is 25.4 Å². The van der Waals surface area contributed by atoms with Crippen LogP contribution in [0.15, 0.2) is 134 Å². The van der Waals surface area contributed by atoms with Crippen molar-refractivity contribution < 1.29 is 39.8 Å². The quantitative estimate of drug-likeness (QED) is 0.0261. The van der Waals surface area contributed by atoms with Crippen LogP contribution in [0.2, 0.25) is 0 Å². The lowest BCUT2D eigenvalue weighted by atomic mass is 9.99. The number of hydrogen-bond acceptors (Lipinski definition) is 8. The van der Waals surface area contributed by atoms with Crippen molar-refractivity contribution in [3.05, 3.63) is 134 Å². The van der Waals surface area contributed by atoms with Gasteiger partial charge in [0.25, 0.3) is 0 Å². The number of amides is 1. The van der Waals surface area contributed by atoms with Crippen molar-refractivity contribution in [2.24, 2.45) is 0 Å². The average molecular weight is 1210 g/mol. The summed E-state index contributed by atoms with van der Waals surface area (Å²) >= 11 is 0. The second-order valence-corrected chi connectivity index (χ2v) is 24.3. The van der Waals surface area contributed by atoms with Crippen LogP contribution in [-0.4, -0.2) is 87.5 Å². The number of aliphatic hydroxyl groups is 5. The van der Waals surface area contributed by atoms with E-state index in [4.69, 9.17) is 9.47 Å². The smallest absolute Gasteiger partial charge is 0.220 e. The Morgan fingerprint density at radius 2 is 0.713 bits per heavy atom. The van der Waals surface area contributed by atoms with Gasteiger partial charge in [-0.15, -0.1) is 0 Å². The molecule has 6 N–H and O–H groups in total. The van der Waals surface area contributed by atoms with Crippen LogP contribution in [0.1, 0.15) is 296 Å². The molecule has 9 heteroatoms. The molecule has 1 fully saturated rings. The fourth-order valence-corrected chi connectivity index (χ4v) is 10.7. The van der Waals surface area contributed by atoms with E-state index in [9.17, 15) is 30.3 Å². The first-order valence-electron chi connectivity index (χ1n) is 35.9. The third-order valence-electron chi connectivity index (χ3n) is 16.2. The Hall–Kier alpha value is -3.67. The van der Waals surface area contributed by atoms with Crippen molar-refractivity contribution in [3.63, 3.8) is 0 Å². The van der Waals surface area contributed by atoms with E-state index in [-0.39, 0.29) is 12.5 Å². The number of rotatable bonds is 61. The summed E-state index contributed by atoms with van der Waals surface area (Å²) in [5, 5.41) is 54.8. The molecular weight excluding hydrogens is 1080 g/mol. The van der Waals surface area contributed by atoms with Gasteiger partial charge in [0.2, 0.25) is 5.91 Å². The second kappa shape index (κ2) is 65.3. The maximum Gasteiger partial charge on any atom is 0.220 e. The Balaban J connectivity index is 2.19. The van der Waals surface area contributed by atoms with Crippen LogP contribution in [0.4, 0.5) is 0 Å². The fraction of sp³-hybridized carbons (Fsp3) is 0.705. The fourth-order valence-electron chi connectivity index (χ4n) is 10.7. The van der Waals surface area contributed by atoms with Gasteiger partial charge in [-0.2, -0.15) is 0 Å². The average Bonchev–Trinajstić information content (AvgIpc) is 3.47. The maximum absolute atomic E-state index is 13.1. The van der Waals surface area contributed by atoms with Crippen LogP contribution >= 0.6 is 0 Å². The lowest BCUT2D eigenvalue weighted by molar-refractivity contribution is -0.302. The zero-order valence-corrected chi connectivity index (χ0v) is 55.7. The SMILES string of the molecule is CC/C=C\C/C=C\C/C=C\C/C=C\C/C=C\C/C=C\C/C=C\C/C=C\C/C=C\C/C=C\CCCCCCC(=O)NC(COC1OC(CO)C(O)C(O)C1O)C(O)/C=C/CCCCCCCCCCCCCCCCCCCCCCCCCCCCC. The molecular formula is C78H133NO8. The van der Waals surface area contributed by atoms with Crippen molar-refractivity contribution in [1.82, 2.24) is 5.32 Å². The molecule has 1 heterocycles. The van der Waals surface area contributed by atoms with E-state index >= 15 is 0 Å². The molecule has 7 unspecified atom stereocenters. The summed E-state index contributed by atoms with van der Waals surface area (Å²) in [6.45, 7) is 3.67. The van der Waals surface area contributed by atoms with Gasteiger partial charge in [-0.1, -0.05) is 327 Å². The Labute approximate surface area is 534 Å². The van der Waals surface area contributed by atoms with Gasteiger partial charge in [0.15, 0.2) is 6.29 Å². The lowest BCUT2D eigenvalue weighted by Crippen LogP contribution is -2.60. The molecule has 1 aliphatic heterocycles. The highest BCUT2D eigenvalue weighted by Gasteiger charge is 2.44. The van der Waals surface area contributed by atoms with Crippen molar-refractivity contribution in [2.75, 3.05) is 13.2 Å². The molecule has 0 bridgehead atoms. The van der Waals surface area contributed by atoms with Gasteiger partial charge in [0, 0.05) is 6.42 Å². The highest BCUT2D eigenvalue weighted by molar-refractivity contribution is 5.76. The summed E-state index contributed by atoms with van der Waals surface area (Å²) in [6, 6.07) is -0.831. The lowest BCUT2D eigenvalue weighted by Gasteiger charge is -2.40. The van der Waals surface area contributed by atoms with Crippen molar-refractivity contribution in [3.8, 4) is 0 Å². The van der Waals surface area contributed by atoms with Gasteiger partial charge < -0.3 is 40.3 Å². The van der Waals surface area contributed by atoms with E-state index in [0.717, 1.165) is 116 Å². The number of hydrogen-bond donors (Lipinski definition) is 6. The molecule has 0 saturated carbocycles. The number of allylic oxidation sites excluding steroid dienone is 21. The summed E-state index contributed by atoms with van der Waals surface area (Å²) in [4.78, 5) is 13.1. The third kappa shape index (κ3) is 53.8. The molecule has 1 rings (SSSR count). The number of carbonyl (C=O) groups is 1. The van der Waals surface area contributed by atoms with Crippen LogP contribution < -0.4 is 5.32 Å². The molecule has 0 aliphatic carbocycles. The number of carbonyl (C=O) groups excluding carboxylic acids is 1. The van der Waals surface area contributed by atoms with Gasteiger partial charge in [-0.25, -0.2) is 0 Å². The van der Waals surface area contributed by atoms with Crippen molar-refractivity contribution >= 4 is 5.91 Å². The summed E-state index contributed by atoms with van der Waals surface area (Å²) < 4.78 is 11.3. The van der Waals surface area contributed by atoms with Crippen LogP contribution in [0.5, 0.6) is 0 Å². The van der Waals surface area contributed by atoms with Gasteiger partial charge in [-0.3, -0.25) is 4.79 Å². The molecule has 0 aromatic carbocycles. The normalized spacial score (nSPS) is 18.8. The minimum atomic E-state index is -1.58. The number of ether oxygens (including phenoxy) is 2. The number of nitrogens with one attached hydrogen (secondary N) is 1. The predicted octanol–water partition coefficient (Wildman–Crippen LogP) is 20.0. The van der Waals surface area contributed by atoms with E-state index in [2.05, 4.69) is 141 Å². The first kappa shape index (κ1) is 81.3. The maximum atomic E-state index is 13.1. The highest BCUT2D eigenvalue weighted by atomic mass is 16.7. The Bertz CT molecular complexity index is 1840. The Kier molecular flexibility index (Phi) is 61.0. The van der Waals surface area contributed by atoms with E-state index in [1.165, 1.54) is 161 Å². The summed E-state index contributed by atoms with van der Waals surface area (Å²) in [7, 11) is 0. The van der Waals surface area contributed by atoms with Gasteiger partial charge in [0.1, 0.15) is 24.4 Å². The first-order valence-corrected chi connectivity index (χ1v) is 35.9. The standard InChI is InChI=1S/C78H133NO8/c1-3-5-7-9-11-13-15-17-19-21-23-25-27-29-31-33-34-35-36-37-38-40-42-44-46-48-50-52-54-56-58-60-62-64-66-68-74(82)79-71(70-86-78-77(85)76(84)75(83)73(69-80)87-78)72(81)67-65-63-61-59-57-55-53-51-49-47-45-43-41-39-32-30-28-26-24-22-20-18-16-14-12-10-8-6-4-2/h5,7,11,13,17,19,23,25,29,31,34-35,37-38,42,44,48,50,54,56,65,67,71-73,75-78,80-81,83-85H,3-4,6,8-10,12,14-16,18,20-22,24,26-28,30,32-33,36,39-41,43,45-47,49,51-53,55,57-64,66,68-70H2,1-2H3,(H,79,82)/b7-5-,13-11-,19-17-,25-23-,31-29-,35-34-,38-37-,44-42-,50-48-,56-54-,67-65+. The topological polar surface area (TPSA) is 149 Å². The molecule has 0 radical (unpaired) electrons. The molecule has 1 aliphatic rings. The van der Waals surface area contributed by atoms with Gasteiger partial charge in [-0.05, 0) is 96.3 Å². The Morgan fingerprint density at radius 3 is 1.06 bits per heavy atom. The van der Waals surface area contributed by atoms with Crippen LogP contribution in [0.3, 0.4) is 0 Å². The van der Waals surface area contributed by atoms with Crippen LogP contribution in [0.25, 0.3) is 0 Å². The van der Waals surface area contributed by atoms with Crippen molar-refractivity contribution in [2.45, 2.75) is 339 Å². The first-order chi connectivity index (χ1) is 42.8. The molecule has 498 valence electrons. The second-order valence-electron chi connectivity index (χ2n) is 24.3. The molecule has 87 heavy (non-hydrogen) atoms. The zero-order chi connectivity index (χ0) is 62.8. The monoisotopic (exact) mass is 1210 g/mol. The molecule has 0 aromatic heterocycles. The summed E-state index contributed by atoms with van der Waals surface area (Å²) in [6.07, 6.45) is 92.6. The van der Waals surface area contributed by atoms with Crippen LogP contribution in [0, 0.1) is 0 Å². The molecule has 7 atom stereocenters. The molecule has 0 aromatic rings. The van der Waals surface area contributed by atoms with Crippen molar-refractivity contribution in [1.29, 1.82) is 0 Å². The minimum Gasteiger partial charge on any atom is -0.394 e. The van der Waals surface area contributed by atoms with Gasteiger partial charge >= 0.3 is 0 Å².